The van der Waals surface area contributed by atoms with E-state index in [-0.39, 0.29) is 11.8 Å². The highest BCUT2D eigenvalue weighted by atomic mass is 79.9. The van der Waals surface area contributed by atoms with Crippen molar-refractivity contribution in [2.75, 3.05) is 5.43 Å². The van der Waals surface area contributed by atoms with Crippen molar-refractivity contribution in [3.63, 3.8) is 0 Å². The molecule has 0 saturated heterocycles. The number of nitrogen functional groups attached to an aromatic ring is 1. The maximum atomic E-state index is 13.3. The van der Waals surface area contributed by atoms with Crippen LogP contribution < -0.4 is 16.0 Å². The zero-order chi connectivity index (χ0) is 13.1. The molecule has 0 spiro atoms. The summed E-state index contributed by atoms with van der Waals surface area (Å²) in [6.45, 7) is 1.78. The first-order valence-corrected chi connectivity index (χ1v) is 5.83. The van der Waals surface area contributed by atoms with Crippen LogP contribution in [0.25, 0.3) is 0 Å². The van der Waals surface area contributed by atoms with Gasteiger partial charge in [-0.3, -0.25) is 5.43 Å². The van der Waals surface area contributed by atoms with Gasteiger partial charge in [0.2, 0.25) is 11.8 Å². The van der Waals surface area contributed by atoms with E-state index in [0.717, 1.165) is 0 Å². The van der Waals surface area contributed by atoms with Crippen LogP contribution in [0.5, 0.6) is 11.6 Å². The van der Waals surface area contributed by atoms with Crippen molar-refractivity contribution in [2.24, 2.45) is 5.84 Å². The normalized spacial score (nSPS) is 10.2. The molecule has 0 aliphatic heterocycles. The molecule has 1 aromatic heterocycles. The van der Waals surface area contributed by atoms with Gasteiger partial charge >= 0.3 is 0 Å². The van der Waals surface area contributed by atoms with E-state index in [0.29, 0.717) is 15.9 Å². The summed E-state index contributed by atoms with van der Waals surface area (Å²) in [6.07, 6.45) is 0. The molecule has 0 aliphatic carbocycles. The molecule has 0 unspecified atom stereocenters. The van der Waals surface area contributed by atoms with Gasteiger partial charge in [-0.05, 0) is 35.0 Å². The molecule has 0 saturated carbocycles. The van der Waals surface area contributed by atoms with E-state index in [1.807, 2.05) is 0 Å². The average molecular weight is 313 g/mol. The summed E-state index contributed by atoms with van der Waals surface area (Å²) in [4.78, 5) is 8.01. The van der Waals surface area contributed by atoms with Crippen molar-refractivity contribution in [3.05, 3.63) is 40.2 Å². The van der Waals surface area contributed by atoms with Crippen LogP contribution in [0.4, 0.5) is 10.3 Å². The Morgan fingerprint density at radius 3 is 2.78 bits per heavy atom. The molecule has 94 valence electrons. The van der Waals surface area contributed by atoms with Crippen molar-refractivity contribution in [3.8, 4) is 11.6 Å². The second kappa shape index (κ2) is 5.28. The average Bonchev–Trinajstić information content (AvgIpc) is 2.33. The Hall–Kier alpha value is -1.73. The van der Waals surface area contributed by atoms with Gasteiger partial charge in [-0.1, -0.05) is 0 Å². The van der Waals surface area contributed by atoms with Gasteiger partial charge in [-0.15, -0.1) is 0 Å². The van der Waals surface area contributed by atoms with Gasteiger partial charge in [0.1, 0.15) is 11.6 Å². The van der Waals surface area contributed by atoms with E-state index < -0.39 is 5.82 Å². The van der Waals surface area contributed by atoms with Gasteiger partial charge in [0.05, 0.1) is 4.47 Å². The van der Waals surface area contributed by atoms with Crippen LogP contribution in [0.15, 0.2) is 28.7 Å². The van der Waals surface area contributed by atoms with Crippen LogP contribution in [-0.4, -0.2) is 9.97 Å². The van der Waals surface area contributed by atoms with E-state index in [4.69, 9.17) is 10.6 Å². The number of halogens is 2. The number of anilines is 1. The Kier molecular flexibility index (Phi) is 3.73. The lowest BCUT2D eigenvalue weighted by molar-refractivity contribution is 0.456. The Morgan fingerprint density at radius 1 is 1.33 bits per heavy atom. The smallest absolute Gasteiger partial charge is 0.240 e. The Morgan fingerprint density at radius 2 is 2.11 bits per heavy atom. The number of ether oxygens (including phenoxy) is 1. The molecule has 2 aromatic rings. The summed E-state index contributed by atoms with van der Waals surface area (Å²) in [5.41, 5.74) is 3.02. The van der Waals surface area contributed by atoms with Crippen LogP contribution in [0, 0.1) is 12.7 Å². The molecule has 18 heavy (non-hydrogen) atoms. The van der Waals surface area contributed by atoms with E-state index in [1.165, 1.54) is 6.07 Å². The zero-order valence-corrected chi connectivity index (χ0v) is 11.0. The van der Waals surface area contributed by atoms with Crippen LogP contribution in [0.2, 0.25) is 0 Å². The summed E-state index contributed by atoms with van der Waals surface area (Å²) in [6, 6.07) is 6.07. The number of nitrogens with one attached hydrogen (secondary N) is 1. The molecule has 1 heterocycles. The maximum Gasteiger partial charge on any atom is 0.240 e. The topological polar surface area (TPSA) is 73.1 Å². The molecule has 0 fully saturated rings. The number of benzene rings is 1. The number of rotatable bonds is 3. The minimum absolute atomic E-state index is 0.239. The number of aryl methyl sites for hydroxylation is 1. The lowest BCUT2D eigenvalue weighted by atomic mass is 10.3. The molecule has 0 bridgehead atoms. The van der Waals surface area contributed by atoms with Gasteiger partial charge in [0, 0.05) is 17.8 Å². The first-order valence-electron chi connectivity index (χ1n) is 5.03. The highest BCUT2D eigenvalue weighted by Gasteiger charge is 2.06. The van der Waals surface area contributed by atoms with Gasteiger partial charge in [0.25, 0.3) is 0 Å². The van der Waals surface area contributed by atoms with E-state index in [9.17, 15) is 4.39 Å². The van der Waals surface area contributed by atoms with Crippen molar-refractivity contribution in [2.45, 2.75) is 6.92 Å². The minimum atomic E-state index is -0.407. The quantitative estimate of drug-likeness (QED) is 0.673. The number of hydrogen-bond acceptors (Lipinski definition) is 5. The summed E-state index contributed by atoms with van der Waals surface area (Å²) < 4.78 is 19.1. The van der Waals surface area contributed by atoms with E-state index in [1.54, 1.807) is 25.1 Å². The molecule has 7 heteroatoms. The van der Waals surface area contributed by atoms with Crippen LogP contribution in [0.3, 0.4) is 0 Å². The highest BCUT2D eigenvalue weighted by molar-refractivity contribution is 9.10. The number of hydrogen-bond donors (Lipinski definition) is 2. The molecule has 3 N–H and O–H groups in total. The maximum absolute atomic E-state index is 13.3. The van der Waals surface area contributed by atoms with Crippen LogP contribution >= 0.6 is 15.9 Å². The standard InChI is InChI=1S/C11H10BrFN4O/c1-6-4-10(16-11(15-6)17-14)18-7-2-3-8(12)9(13)5-7/h2-5H,14H2,1H3,(H,15,16,17). The van der Waals surface area contributed by atoms with Gasteiger partial charge < -0.3 is 4.74 Å². The third kappa shape index (κ3) is 2.93. The Labute approximate surface area is 111 Å². The third-order valence-corrected chi connectivity index (χ3v) is 2.72. The number of nitrogens with zero attached hydrogens (tertiary/aromatic N) is 2. The lowest BCUT2D eigenvalue weighted by Gasteiger charge is -2.07. The SMILES string of the molecule is Cc1cc(Oc2ccc(Br)c(F)c2)nc(NN)n1. The van der Waals surface area contributed by atoms with Crippen LogP contribution in [0.1, 0.15) is 5.69 Å². The summed E-state index contributed by atoms with van der Waals surface area (Å²) >= 11 is 3.07. The molecular weight excluding hydrogens is 303 g/mol. The monoisotopic (exact) mass is 312 g/mol. The largest absolute Gasteiger partial charge is 0.439 e. The van der Waals surface area contributed by atoms with Crippen molar-refractivity contribution in [1.29, 1.82) is 0 Å². The molecular formula is C11H10BrFN4O. The predicted octanol–water partition coefficient (Wildman–Crippen LogP) is 2.76. The fourth-order valence-electron chi connectivity index (χ4n) is 1.32. The molecule has 0 aliphatic rings. The molecule has 1 aromatic carbocycles. The Bertz CT molecular complexity index is 579. The molecule has 0 atom stereocenters. The minimum Gasteiger partial charge on any atom is -0.439 e. The van der Waals surface area contributed by atoms with Crippen molar-refractivity contribution >= 4 is 21.9 Å². The highest BCUT2D eigenvalue weighted by Crippen LogP contribution is 2.25. The third-order valence-electron chi connectivity index (χ3n) is 2.07. The van der Waals surface area contributed by atoms with Crippen molar-refractivity contribution < 1.29 is 9.13 Å². The van der Waals surface area contributed by atoms with Crippen molar-refractivity contribution in [1.82, 2.24) is 9.97 Å². The van der Waals surface area contributed by atoms with E-state index >= 15 is 0 Å². The summed E-state index contributed by atoms with van der Waals surface area (Å²) in [7, 11) is 0. The second-order valence-corrected chi connectivity index (χ2v) is 4.35. The number of aromatic nitrogens is 2. The molecule has 0 radical (unpaired) electrons. The second-order valence-electron chi connectivity index (χ2n) is 3.49. The lowest BCUT2D eigenvalue weighted by Crippen LogP contribution is -2.11. The fourth-order valence-corrected chi connectivity index (χ4v) is 1.56. The number of nitrogens with two attached hydrogens (primary N) is 1. The van der Waals surface area contributed by atoms with Gasteiger partial charge in [0.15, 0.2) is 0 Å². The Balaban J connectivity index is 2.27. The fraction of sp³-hybridized carbons (Fsp3) is 0.0909. The van der Waals surface area contributed by atoms with Gasteiger partial charge in [-0.25, -0.2) is 15.2 Å². The summed E-state index contributed by atoms with van der Waals surface area (Å²) in [5.74, 6) is 5.69. The van der Waals surface area contributed by atoms with Gasteiger partial charge in [-0.2, -0.15) is 4.98 Å². The predicted molar refractivity (Wildman–Crippen MR) is 68.8 cm³/mol. The van der Waals surface area contributed by atoms with Crippen LogP contribution in [-0.2, 0) is 0 Å². The molecule has 0 amide bonds. The summed E-state index contributed by atoms with van der Waals surface area (Å²) in [5, 5.41) is 0. The first kappa shape index (κ1) is 12.7. The number of hydrazine groups is 1. The first-order chi connectivity index (χ1) is 8.58. The molecule has 2 rings (SSSR count). The van der Waals surface area contributed by atoms with E-state index in [2.05, 4.69) is 31.3 Å². The zero-order valence-electron chi connectivity index (χ0n) is 9.45. The molecule has 5 nitrogen and oxygen atoms in total.